The average Bonchev–Trinajstić information content (AvgIpc) is 3.16. The van der Waals surface area contributed by atoms with Crippen LogP contribution in [0.5, 0.6) is 5.75 Å². The van der Waals surface area contributed by atoms with E-state index in [4.69, 9.17) is 19.4 Å². The Morgan fingerprint density at radius 3 is 2.85 bits per heavy atom. The predicted octanol–water partition coefficient (Wildman–Crippen LogP) is 2.97. The van der Waals surface area contributed by atoms with Crippen LogP contribution in [-0.4, -0.2) is 5.16 Å². The number of nitrogens with zero attached hydrogens (tertiary/aromatic N) is 1. The molecule has 2 N–H and O–H groups in total. The smallest absolute Gasteiger partial charge is 0.202 e. The topological polar surface area (TPSA) is 74.4 Å². The number of aromatic nitrogens is 1. The molecule has 0 aliphatic carbocycles. The summed E-state index contributed by atoms with van der Waals surface area (Å²) >= 11 is 0. The van der Waals surface area contributed by atoms with E-state index < -0.39 is 0 Å². The van der Waals surface area contributed by atoms with Crippen LogP contribution in [-0.2, 0) is 13.2 Å². The van der Waals surface area contributed by atoms with Crippen molar-refractivity contribution in [2.75, 3.05) is 0 Å². The van der Waals surface area contributed by atoms with E-state index in [2.05, 4.69) is 5.16 Å². The molecule has 2 aromatic heterocycles. The monoisotopic (exact) mass is 270 g/mol. The maximum atomic E-state index is 5.66. The molecule has 0 radical (unpaired) electrons. The molecule has 2 heterocycles. The Morgan fingerprint density at radius 2 is 2.05 bits per heavy atom. The summed E-state index contributed by atoms with van der Waals surface area (Å²) in [7, 11) is 0. The minimum atomic E-state index is 0.332. The number of rotatable bonds is 5. The first kappa shape index (κ1) is 12.5. The third-order valence-corrected chi connectivity index (χ3v) is 2.84. The largest absolute Gasteiger partial charge is 0.487 e. The van der Waals surface area contributed by atoms with Gasteiger partial charge in [0, 0.05) is 12.6 Å². The molecular weight excluding hydrogens is 256 g/mol. The summed E-state index contributed by atoms with van der Waals surface area (Å²) in [6.45, 7) is 0.821. The van der Waals surface area contributed by atoms with Crippen LogP contribution in [0.1, 0.15) is 11.3 Å². The molecule has 5 heteroatoms. The lowest BCUT2D eigenvalue weighted by Gasteiger charge is -2.04. The first-order valence-corrected chi connectivity index (χ1v) is 6.26. The normalized spacial score (nSPS) is 10.7. The van der Waals surface area contributed by atoms with Gasteiger partial charge < -0.3 is 19.4 Å². The Hall–Kier alpha value is -2.53. The Bertz CT molecular complexity index is 674. The maximum Gasteiger partial charge on any atom is 0.202 e. The highest BCUT2D eigenvalue weighted by molar-refractivity contribution is 5.49. The zero-order valence-corrected chi connectivity index (χ0v) is 10.8. The molecule has 20 heavy (non-hydrogen) atoms. The van der Waals surface area contributed by atoms with E-state index in [0.717, 1.165) is 11.3 Å². The van der Waals surface area contributed by atoms with Gasteiger partial charge in [0.15, 0.2) is 5.76 Å². The van der Waals surface area contributed by atoms with Crippen molar-refractivity contribution in [2.24, 2.45) is 5.73 Å². The van der Waals surface area contributed by atoms with Crippen LogP contribution in [0, 0.1) is 0 Å². The van der Waals surface area contributed by atoms with Crippen LogP contribution < -0.4 is 10.5 Å². The Morgan fingerprint density at radius 1 is 1.10 bits per heavy atom. The third-order valence-electron chi connectivity index (χ3n) is 2.84. The van der Waals surface area contributed by atoms with Crippen LogP contribution in [0.3, 0.4) is 0 Å². The summed E-state index contributed by atoms with van der Waals surface area (Å²) in [5.74, 6) is 1.99. The fraction of sp³-hybridized carbons (Fsp3) is 0.133. The van der Waals surface area contributed by atoms with Gasteiger partial charge in [0.25, 0.3) is 0 Å². The standard InChI is InChI=1S/C15H14N2O3/c16-9-11-3-1-4-13(7-11)19-10-12-8-15(20-17-12)14-5-2-6-18-14/h1-8H,9-10,16H2. The number of furan rings is 1. The zero-order valence-electron chi connectivity index (χ0n) is 10.8. The van der Waals surface area contributed by atoms with Crippen molar-refractivity contribution < 1.29 is 13.7 Å². The van der Waals surface area contributed by atoms with Crippen LogP contribution in [0.25, 0.3) is 11.5 Å². The highest BCUT2D eigenvalue weighted by Crippen LogP contribution is 2.21. The van der Waals surface area contributed by atoms with Gasteiger partial charge in [0.1, 0.15) is 18.1 Å². The predicted molar refractivity (Wildman–Crippen MR) is 72.9 cm³/mol. The van der Waals surface area contributed by atoms with Crippen LogP contribution in [0.2, 0.25) is 0 Å². The van der Waals surface area contributed by atoms with Gasteiger partial charge in [-0.3, -0.25) is 0 Å². The summed E-state index contributed by atoms with van der Waals surface area (Å²) in [5.41, 5.74) is 7.32. The molecule has 0 unspecified atom stereocenters. The highest BCUT2D eigenvalue weighted by Gasteiger charge is 2.09. The molecule has 3 aromatic rings. The van der Waals surface area contributed by atoms with Crippen molar-refractivity contribution in [2.45, 2.75) is 13.2 Å². The summed E-state index contributed by atoms with van der Waals surface area (Å²) in [6, 6.07) is 13.1. The van der Waals surface area contributed by atoms with Gasteiger partial charge in [0.05, 0.1) is 6.26 Å². The van der Waals surface area contributed by atoms with Crippen molar-refractivity contribution >= 4 is 0 Å². The van der Waals surface area contributed by atoms with Gasteiger partial charge in [-0.05, 0) is 29.8 Å². The molecule has 1 aromatic carbocycles. The van der Waals surface area contributed by atoms with E-state index in [0.29, 0.717) is 30.4 Å². The van der Waals surface area contributed by atoms with Gasteiger partial charge in [-0.25, -0.2) is 0 Å². The first-order valence-electron chi connectivity index (χ1n) is 6.26. The lowest BCUT2D eigenvalue weighted by atomic mass is 10.2. The molecule has 102 valence electrons. The number of nitrogens with two attached hydrogens (primary N) is 1. The molecule has 0 bridgehead atoms. The second-order valence-corrected chi connectivity index (χ2v) is 4.30. The molecule has 0 atom stereocenters. The summed E-state index contributed by atoms with van der Waals surface area (Å²) in [6.07, 6.45) is 1.59. The second-order valence-electron chi connectivity index (χ2n) is 4.30. The maximum absolute atomic E-state index is 5.66. The first-order chi connectivity index (χ1) is 9.85. The van der Waals surface area contributed by atoms with Crippen molar-refractivity contribution in [1.29, 1.82) is 0 Å². The molecule has 3 rings (SSSR count). The Labute approximate surface area is 115 Å². The van der Waals surface area contributed by atoms with E-state index in [1.807, 2.05) is 30.3 Å². The lowest BCUT2D eigenvalue weighted by Crippen LogP contribution is -1.98. The molecule has 5 nitrogen and oxygen atoms in total. The molecule has 0 spiro atoms. The minimum Gasteiger partial charge on any atom is -0.487 e. The zero-order chi connectivity index (χ0) is 13.8. The molecule has 0 saturated heterocycles. The quantitative estimate of drug-likeness (QED) is 0.771. The summed E-state index contributed by atoms with van der Waals surface area (Å²) < 4.78 is 16.1. The van der Waals surface area contributed by atoms with Gasteiger partial charge >= 0.3 is 0 Å². The van der Waals surface area contributed by atoms with Gasteiger partial charge in [-0.2, -0.15) is 0 Å². The van der Waals surface area contributed by atoms with E-state index in [9.17, 15) is 0 Å². The number of hydrogen-bond donors (Lipinski definition) is 1. The van der Waals surface area contributed by atoms with E-state index >= 15 is 0 Å². The van der Waals surface area contributed by atoms with E-state index in [-0.39, 0.29) is 0 Å². The van der Waals surface area contributed by atoms with Crippen LogP contribution in [0.15, 0.2) is 57.7 Å². The molecule has 0 amide bonds. The fourth-order valence-corrected chi connectivity index (χ4v) is 1.83. The molecule has 0 fully saturated rings. The minimum absolute atomic E-state index is 0.332. The fourth-order valence-electron chi connectivity index (χ4n) is 1.83. The number of benzene rings is 1. The molecule has 0 aliphatic heterocycles. The van der Waals surface area contributed by atoms with Crippen molar-refractivity contribution in [1.82, 2.24) is 5.16 Å². The Kier molecular flexibility index (Phi) is 3.52. The lowest BCUT2D eigenvalue weighted by molar-refractivity contribution is 0.289. The van der Waals surface area contributed by atoms with E-state index in [1.54, 1.807) is 18.4 Å². The van der Waals surface area contributed by atoms with Gasteiger partial charge in [0.2, 0.25) is 5.76 Å². The van der Waals surface area contributed by atoms with Crippen molar-refractivity contribution in [3.8, 4) is 17.3 Å². The van der Waals surface area contributed by atoms with Gasteiger partial charge in [-0.1, -0.05) is 17.3 Å². The van der Waals surface area contributed by atoms with Crippen molar-refractivity contribution in [3.05, 3.63) is 60.0 Å². The van der Waals surface area contributed by atoms with Crippen molar-refractivity contribution in [3.63, 3.8) is 0 Å². The number of hydrogen-bond acceptors (Lipinski definition) is 5. The van der Waals surface area contributed by atoms with Crippen LogP contribution in [0.4, 0.5) is 0 Å². The Balaban J connectivity index is 1.66. The van der Waals surface area contributed by atoms with E-state index in [1.165, 1.54) is 0 Å². The SMILES string of the molecule is NCc1cccc(OCc2cc(-c3ccco3)on2)c1. The summed E-state index contributed by atoms with van der Waals surface area (Å²) in [4.78, 5) is 0. The second kappa shape index (κ2) is 5.63. The van der Waals surface area contributed by atoms with Crippen LogP contribution >= 0.6 is 0 Å². The highest BCUT2D eigenvalue weighted by atomic mass is 16.5. The summed E-state index contributed by atoms with van der Waals surface area (Å²) in [5, 5.41) is 3.95. The average molecular weight is 270 g/mol. The molecular formula is C15H14N2O3. The molecule has 0 aliphatic rings. The number of ether oxygens (including phenoxy) is 1. The third kappa shape index (κ3) is 2.73. The molecule has 0 saturated carbocycles. The van der Waals surface area contributed by atoms with Gasteiger partial charge in [-0.15, -0.1) is 0 Å².